The van der Waals surface area contributed by atoms with Gasteiger partial charge in [-0.2, -0.15) is 5.10 Å². The molecule has 0 bridgehead atoms. The van der Waals surface area contributed by atoms with Crippen molar-refractivity contribution in [3.8, 4) is 0 Å². The molecule has 0 radical (unpaired) electrons. The van der Waals surface area contributed by atoms with Crippen LogP contribution in [-0.4, -0.2) is 62.9 Å². The van der Waals surface area contributed by atoms with E-state index in [1.54, 1.807) is 12.4 Å². The van der Waals surface area contributed by atoms with Gasteiger partial charge in [-0.15, -0.1) is 0 Å². The van der Waals surface area contributed by atoms with E-state index >= 15 is 0 Å². The van der Waals surface area contributed by atoms with Crippen LogP contribution in [-0.2, 0) is 0 Å². The number of aryl methyl sites for hydroxylation is 2. The number of hydrogen-bond acceptors (Lipinski definition) is 5. The molecule has 1 unspecified atom stereocenters. The minimum absolute atomic E-state index is 0.0172. The fourth-order valence-electron chi connectivity index (χ4n) is 3.79. The van der Waals surface area contributed by atoms with E-state index in [4.69, 9.17) is 0 Å². The van der Waals surface area contributed by atoms with Crippen LogP contribution in [0.2, 0.25) is 0 Å². The number of amides is 2. The zero-order chi connectivity index (χ0) is 18.1. The Labute approximate surface area is 153 Å². The fourth-order valence-corrected chi connectivity index (χ4v) is 3.79. The summed E-state index contributed by atoms with van der Waals surface area (Å²) >= 11 is 0. The first-order chi connectivity index (χ1) is 12.6. The van der Waals surface area contributed by atoms with Crippen LogP contribution in [0.25, 0.3) is 0 Å². The maximum absolute atomic E-state index is 12.5. The highest BCUT2D eigenvalue weighted by Crippen LogP contribution is 2.23. The molecule has 8 heteroatoms. The summed E-state index contributed by atoms with van der Waals surface area (Å²) in [6.45, 7) is 7.17. The lowest BCUT2D eigenvalue weighted by molar-refractivity contribution is 0.114. The van der Waals surface area contributed by atoms with Crippen molar-refractivity contribution in [1.29, 1.82) is 0 Å². The van der Waals surface area contributed by atoms with Gasteiger partial charge in [-0.25, -0.2) is 14.8 Å². The molecule has 0 aromatic carbocycles. The second-order valence-electron chi connectivity index (χ2n) is 7.21. The molecule has 1 N–H and O–H groups in total. The summed E-state index contributed by atoms with van der Waals surface area (Å²) in [4.78, 5) is 25.2. The van der Waals surface area contributed by atoms with Crippen LogP contribution >= 0.6 is 0 Å². The van der Waals surface area contributed by atoms with E-state index in [1.165, 1.54) is 0 Å². The number of aromatic nitrogens is 4. The average Bonchev–Trinajstić information content (AvgIpc) is 2.93. The molecule has 2 saturated heterocycles. The van der Waals surface area contributed by atoms with Gasteiger partial charge in [0.1, 0.15) is 0 Å². The molecule has 138 valence electrons. The van der Waals surface area contributed by atoms with E-state index in [1.807, 2.05) is 22.6 Å². The van der Waals surface area contributed by atoms with E-state index in [-0.39, 0.29) is 18.1 Å². The van der Waals surface area contributed by atoms with Gasteiger partial charge in [0.15, 0.2) is 0 Å². The molecule has 2 aliphatic rings. The van der Waals surface area contributed by atoms with E-state index in [0.717, 1.165) is 43.3 Å². The summed E-state index contributed by atoms with van der Waals surface area (Å²) in [6, 6.07) is 4.33. The Morgan fingerprint density at radius 3 is 2.65 bits per heavy atom. The molecular weight excluding hydrogens is 330 g/mol. The van der Waals surface area contributed by atoms with Gasteiger partial charge in [-0.1, -0.05) is 0 Å². The van der Waals surface area contributed by atoms with E-state index in [0.29, 0.717) is 13.1 Å². The molecule has 2 aromatic heterocycles. The Balaban J connectivity index is 1.29. The van der Waals surface area contributed by atoms with Gasteiger partial charge in [0, 0.05) is 50.3 Å². The lowest BCUT2D eigenvalue weighted by Crippen LogP contribution is -2.58. The highest BCUT2D eigenvalue weighted by atomic mass is 16.2. The zero-order valence-electron chi connectivity index (χ0n) is 15.3. The summed E-state index contributed by atoms with van der Waals surface area (Å²) in [6.07, 6.45) is 5.52. The Morgan fingerprint density at radius 1 is 1.19 bits per heavy atom. The summed E-state index contributed by atoms with van der Waals surface area (Å²) in [5.41, 5.74) is 2.18. The molecule has 4 rings (SSSR count). The molecule has 0 spiro atoms. The number of rotatable bonds is 3. The lowest BCUT2D eigenvalue weighted by Gasteiger charge is -2.41. The van der Waals surface area contributed by atoms with Crippen molar-refractivity contribution in [3.05, 3.63) is 35.9 Å². The number of hydrogen-bond donors (Lipinski definition) is 1. The molecule has 1 atom stereocenters. The summed E-state index contributed by atoms with van der Waals surface area (Å²) in [7, 11) is 0. The van der Waals surface area contributed by atoms with E-state index in [2.05, 4.69) is 38.3 Å². The molecule has 8 nitrogen and oxygen atoms in total. The van der Waals surface area contributed by atoms with Crippen molar-refractivity contribution in [2.45, 2.75) is 38.8 Å². The Bertz CT molecular complexity index is 769. The molecule has 2 aliphatic heterocycles. The number of carbonyl (C=O) groups is 1. The maximum atomic E-state index is 12.5. The standard InChI is InChI=1S/C18H25N7O/c1-13-9-14(2)25(22-13)16-11-24(12-16)18(26)21-15-5-3-8-23(10-15)17-19-6-4-7-20-17/h4,6-7,9,15-16H,3,5,8,10-12H2,1-2H3,(H,21,26). The van der Waals surface area contributed by atoms with Crippen LogP contribution in [0.1, 0.15) is 30.3 Å². The fraction of sp³-hybridized carbons (Fsp3) is 0.556. The molecule has 2 amide bonds. The van der Waals surface area contributed by atoms with Crippen molar-refractivity contribution in [1.82, 2.24) is 30.0 Å². The highest BCUT2D eigenvalue weighted by molar-refractivity contribution is 5.75. The van der Waals surface area contributed by atoms with Crippen LogP contribution < -0.4 is 10.2 Å². The van der Waals surface area contributed by atoms with Crippen molar-refractivity contribution < 1.29 is 4.79 Å². The number of nitrogens with zero attached hydrogens (tertiary/aromatic N) is 6. The molecule has 0 aliphatic carbocycles. The van der Waals surface area contributed by atoms with Gasteiger partial charge in [0.05, 0.1) is 11.7 Å². The van der Waals surface area contributed by atoms with Crippen LogP contribution in [0, 0.1) is 13.8 Å². The van der Waals surface area contributed by atoms with Gasteiger partial charge in [-0.05, 0) is 38.8 Å². The monoisotopic (exact) mass is 355 g/mol. The van der Waals surface area contributed by atoms with Crippen LogP contribution in [0.15, 0.2) is 24.5 Å². The van der Waals surface area contributed by atoms with Crippen LogP contribution in [0.3, 0.4) is 0 Å². The maximum Gasteiger partial charge on any atom is 0.317 e. The molecular formula is C18H25N7O. The largest absolute Gasteiger partial charge is 0.339 e. The molecule has 26 heavy (non-hydrogen) atoms. The summed E-state index contributed by atoms with van der Waals surface area (Å²) in [5.74, 6) is 0.736. The zero-order valence-corrected chi connectivity index (χ0v) is 15.3. The SMILES string of the molecule is Cc1cc(C)n(C2CN(C(=O)NC3CCCN(c4ncccn4)C3)C2)n1. The highest BCUT2D eigenvalue weighted by Gasteiger charge is 2.34. The summed E-state index contributed by atoms with van der Waals surface area (Å²) < 4.78 is 2.04. The topological polar surface area (TPSA) is 79.2 Å². The Hall–Kier alpha value is -2.64. The molecule has 2 aromatic rings. The number of nitrogens with one attached hydrogen (secondary N) is 1. The molecule has 2 fully saturated rings. The third kappa shape index (κ3) is 3.36. The first-order valence-corrected chi connectivity index (χ1v) is 9.20. The lowest BCUT2D eigenvalue weighted by atomic mass is 10.1. The predicted molar refractivity (Wildman–Crippen MR) is 98.1 cm³/mol. The number of carbonyl (C=O) groups excluding carboxylic acids is 1. The third-order valence-electron chi connectivity index (χ3n) is 5.12. The number of anilines is 1. The smallest absolute Gasteiger partial charge is 0.317 e. The number of urea groups is 1. The third-order valence-corrected chi connectivity index (χ3v) is 5.12. The summed E-state index contributed by atoms with van der Waals surface area (Å²) in [5, 5.41) is 7.70. The second kappa shape index (κ2) is 6.93. The quantitative estimate of drug-likeness (QED) is 0.903. The first-order valence-electron chi connectivity index (χ1n) is 9.20. The van der Waals surface area contributed by atoms with Gasteiger partial charge in [0.2, 0.25) is 5.95 Å². The second-order valence-corrected chi connectivity index (χ2v) is 7.21. The first kappa shape index (κ1) is 16.8. The van der Waals surface area contributed by atoms with Crippen LogP contribution in [0.4, 0.5) is 10.7 Å². The normalized spacial score (nSPS) is 20.8. The van der Waals surface area contributed by atoms with Gasteiger partial charge >= 0.3 is 6.03 Å². The number of likely N-dealkylation sites (tertiary alicyclic amines) is 1. The van der Waals surface area contributed by atoms with Crippen molar-refractivity contribution >= 4 is 12.0 Å². The predicted octanol–water partition coefficient (Wildman–Crippen LogP) is 1.53. The van der Waals surface area contributed by atoms with Gasteiger partial charge in [-0.3, -0.25) is 4.68 Å². The van der Waals surface area contributed by atoms with E-state index < -0.39 is 0 Å². The molecule has 0 saturated carbocycles. The van der Waals surface area contributed by atoms with Crippen molar-refractivity contribution in [2.75, 3.05) is 31.1 Å². The number of piperidine rings is 1. The average molecular weight is 355 g/mol. The van der Waals surface area contributed by atoms with Gasteiger partial charge < -0.3 is 15.1 Å². The van der Waals surface area contributed by atoms with Crippen molar-refractivity contribution in [2.24, 2.45) is 0 Å². The minimum atomic E-state index is 0.0172. The minimum Gasteiger partial charge on any atom is -0.339 e. The van der Waals surface area contributed by atoms with E-state index in [9.17, 15) is 4.79 Å². The van der Waals surface area contributed by atoms with Gasteiger partial charge in [0.25, 0.3) is 0 Å². The van der Waals surface area contributed by atoms with Crippen LogP contribution in [0.5, 0.6) is 0 Å². The van der Waals surface area contributed by atoms with Crippen molar-refractivity contribution in [3.63, 3.8) is 0 Å². The Morgan fingerprint density at radius 2 is 1.96 bits per heavy atom. The Kier molecular flexibility index (Phi) is 4.48. The molecule has 4 heterocycles.